The Morgan fingerprint density at radius 3 is 2.37 bits per heavy atom. The van der Waals surface area contributed by atoms with E-state index in [9.17, 15) is 18.0 Å². The summed E-state index contributed by atoms with van der Waals surface area (Å²) < 4.78 is 44.3. The number of hydrogen-bond acceptors (Lipinski definition) is 3. The molecule has 19 heavy (non-hydrogen) atoms. The molecule has 0 heterocycles. The number of esters is 1. The molecule has 1 N–H and O–H groups in total. The van der Waals surface area contributed by atoms with Crippen LogP contribution >= 0.6 is 0 Å². The molecule has 1 aromatic carbocycles. The number of rotatable bonds is 5. The van der Waals surface area contributed by atoms with Gasteiger partial charge in [0.25, 0.3) is 0 Å². The highest BCUT2D eigenvalue weighted by Crippen LogP contribution is 2.22. The van der Waals surface area contributed by atoms with E-state index in [1.165, 1.54) is 0 Å². The van der Waals surface area contributed by atoms with Gasteiger partial charge in [0, 0.05) is 17.7 Å². The van der Waals surface area contributed by atoms with Crippen LogP contribution in [0.15, 0.2) is 12.1 Å². The van der Waals surface area contributed by atoms with Crippen LogP contribution in [0.4, 0.5) is 13.2 Å². The van der Waals surface area contributed by atoms with Gasteiger partial charge in [0.2, 0.25) is 0 Å². The van der Waals surface area contributed by atoms with Crippen LogP contribution in [0.25, 0.3) is 0 Å². The second-order valence-electron chi connectivity index (χ2n) is 4.22. The molecule has 0 spiro atoms. The van der Waals surface area contributed by atoms with Crippen molar-refractivity contribution in [3.05, 3.63) is 35.1 Å². The summed E-state index contributed by atoms with van der Waals surface area (Å²) in [5, 5.41) is 2.82. The lowest BCUT2D eigenvalue weighted by Gasteiger charge is -2.21. The van der Waals surface area contributed by atoms with E-state index in [2.05, 4.69) is 10.1 Å². The average molecular weight is 275 g/mol. The van der Waals surface area contributed by atoms with Crippen LogP contribution < -0.4 is 5.32 Å². The minimum Gasteiger partial charge on any atom is -0.468 e. The summed E-state index contributed by atoms with van der Waals surface area (Å²) in [4.78, 5) is 11.6. The number of nitrogens with one attached hydrogen (secondary N) is 1. The van der Waals surface area contributed by atoms with Crippen LogP contribution in [0.2, 0.25) is 0 Å². The van der Waals surface area contributed by atoms with Gasteiger partial charge in [0.15, 0.2) is 11.6 Å². The van der Waals surface area contributed by atoms with E-state index in [0.717, 1.165) is 7.11 Å². The molecule has 2 atom stereocenters. The Balaban J connectivity index is 3.17. The number of ether oxygens (including phenoxy) is 1. The molecule has 1 aromatic rings. The van der Waals surface area contributed by atoms with E-state index in [4.69, 9.17) is 0 Å². The van der Waals surface area contributed by atoms with Crippen molar-refractivity contribution in [2.75, 3.05) is 7.11 Å². The van der Waals surface area contributed by atoms with E-state index in [1.54, 1.807) is 6.92 Å². The molecular weight excluding hydrogens is 259 g/mol. The highest BCUT2D eigenvalue weighted by atomic mass is 19.2. The molecule has 106 valence electrons. The second kappa shape index (κ2) is 6.56. The predicted octanol–water partition coefficient (Wildman–Crippen LogP) is 2.71. The first-order valence-corrected chi connectivity index (χ1v) is 5.89. The van der Waals surface area contributed by atoms with Crippen molar-refractivity contribution in [2.45, 2.75) is 32.4 Å². The maximum atomic E-state index is 13.7. The van der Waals surface area contributed by atoms with E-state index < -0.39 is 29.5 Å². The number of benzene rings is 1. The van der Waals surface area contributed by atoms with Crippen molar-refractivity contribution in [2.24, 2.45) is 0 Å². The van der Waals surface area contributed by atoms with Crippen molar-refractivity contribution in [3.8, 4) is 0 Å². The third-order valence-corrected chi connectivity index (χ3v) is 2.85. The van der Waals surface area contributed by atoms with E-state index >= 15 is 0 Å². The monoisotopic (exact) mass is 275 g/mol. The Morgan fingerprint density at radius 2 is 1.84 bits per heavy atom. The smallest absolute Gasteiger partial charge is 0.327 e. The highest BCUT2D eigenvalue weighted by Gasteiger charge is 2.27. The summed E-state index contributed by atoms with van der Waals surface area (Å²) in [7, 11) is 1.14. The second-order valence-corrected chi connectivity index (χ2v) is 4.22. The molecule has 0 saturated heterocycles. The Labute approximate surface area is 109 Å². The van der Waals surface area contributed by atoms with Crippen LogP contribution in [0.1, 0.15) is 31.9 Å². The van der Waals surface area contributed by atoms with Gasteiger partial charge >= 0.3 is 5.97 Å². The lowest BCUT2D eigenvalue weighted by Crippen LogP contribution is -2.36. The first-order valence-electron chi connectivity index (χ1n) is 5.89. The van der Waals surface area contributed by atoms with Crippen LogP contribution in [-0.2, 0) is 9.53 Å². The fraction of sp³-hybridized carbons (Fsp3) is 0.462. The van der Waals surface area contributed by atoms with Crippen LogP contribution in [-0.4, -0.2) is 19.1 Å². The molecule has 6 heteroatoms. The van der Waals surface area contributed by atoms with E-state index in [-0.39, 0.29) is 11.6 Å². The molecule has 1 rings (SSSR count). The maximum absolute atomic E-state index is 13.7. The molecule has 0 bridgehead atoms. The summed E-state index contributed by atoms with van der Waals surface area (Å²) in [5.41, 5.74) is -0.272. The highest BCUT2D eigenvalue weighted by molar-refractivity contribution is 5.77. The Kier molecular flexibility index (Phi) is 5.35. The lowest BCUT2D eigenvalue weighted by molar-refractivity contribution is -0.143. The zero-order valence-corrected chi connectivity index (χ0v) is 11.0. The topological polar surface area (TPSA) is 38.3 Å². The van der Waals surface area contributed by atoms with Crippen molar-refractivity contribution in [1.29, 1.82) is 0 Å². The number of methoxy groups -OCH3 is 1. The molecule has 3 nitrogen and oxygen atoms in total. The van der Waals surface area contributed by atoms with Gasteiger partial charge in [-0.1, -0.05) is 6.92 Å². The molecule has 2 unspecified atom stereocenters. The van der Waals surface area contributed by atoms with Gasteiger partial charge in [-0.3, -0.25) is 5.32 Å². The third-order valence-electron chi connectivity index (χ3n) is 2.85. The molecule has 0 aliphatic rings. The Bertz CT molecular complexity index is 465. The molecule has 0 saturated carbocycles. The zero-order valence-electron chi connectivity index (χ0n) is 11.0. The largest absolute Gasteiger partial charge is 0.468 e. The summed E-state index contributed by atoms with van der Waals surface area (Å²) in [6, 6.07) is -0.202. The number of hydrogen-bond donors (Lipinski definition) is 1. The average Bonchev–Trinajstić information content (AvgIpc) is 2.39. The van der Waals surface area contributed by atoms with Gasteiger partial charge in [-0.2, -0.15) is 0 Å². The van der Waals surface area contributed by atoms with Crippen molar-refractivity contribution < 1.29 is 22.7 Å². The minimum atomic E-state index is -1.30. The molecule has 0 aromatic heterocycles. The summed E-state index contributed by atoms with van der Waals surface area (Å²) in [5.74, 6) is -4.26. The van der Waals surface area contributed by atoms with Gasteiger partial charge < -0.3 is 4.74 Å². The number of halogens is 3. The Morgan fingerprint density at radius 1 is 1.26 bits per heavy atom. The molecule has 0 aliphatic carbocycles. The van der Waals surface area contributed by atoms with E-state index in [1.807, 2.05) is 6.92 Å². The third kappa shape index (κ3) is 3.70. The number of carbonyl (C=O) groups excluding carboxylic acids is 1. The minimum absolute atomic E-state index is 0.114. The van der Waals surface area contributed by atoms with Crippen molar-refractivity contribution in [3.63, 3.8) is 0 Å². The molecule has 0 radical (unpaired) electrons. The van der Waals surface area contributed by atoms with Gasteiger partial charge in [-0.25, -0.2) is 18.0 Å². The van der Waals surface area contributed by atoms with Gasteiger partial charge in [-0.15, -0.1) is 0 Å². The van der Waals surface area contributed by atoms with Crippen LogP contribution in [0.3, 0.4) is 0 Å². The molecular formula is C13H16F3NO2. The Hall–Kier alpha value is -1.56. The standard InChI is InChI=1S/C13H16F3NO2/c1-4-7(2)17-12(13(18)19-3)8-5-10(15)11(16)6-9(8)14/h5-7,12,17H,4H2,1-3H3. The van der Waals surface area contributed by atoms with Crippen molar-refractivity contribution >= 4 is 5.97 Å². The van der Waals surface area contributed by atoms with Crippen molar-refractivity contribution in [1.82, 2.24) is 5.32 Å². The first-order chi connectivity index (χ1) is 8.90. The summed E-state index contributed by atoms with van der Waals surface area (Å²) in [6.07, 6.45) is 0.679. The fourth-order valence-electron chi connectivity index (χ4n) is 1.56. The summed E-state index contributed by atoms with van der Waals surface area (Å²) in [6.45, 7) is 3.65. The van der Waals surface area contributed by atoms with Gasteiger partial charge in [-0.05, 0) is 19.4 Å². The predicted molar refractivity (Wildman–Crippen MR) is 64.0 cm³/mol. The first kappa shape index (κ1) is 15.5. The lowest BCUT2D eigenvalue weighted by atomic mass is 10.0. The molecule has 0 fully saturated rings. The maximum Gasteiger partial charge on any atom is 0.327 e. The van der Waals surface area contributed by atoms with Gasteiger partial charge in [0.1, 0.15) is 11.9 Å². The quantitative estimate of drug-likeness (QED) is 0.663. The fourth-order valence-corrected chi connectivity index (χ4v) is 1.56. The number of carbonyl (C=O) groups is 1. The van der Waals surface area contributed by atoms with E-state index in [0.29, 0.717) is 18.6 Å². The SMILES string of the molecule is CCC(C)NC(C(=O)OC)c1cc(F)c(F)cc1F. The van der Waals surface area contributed by atoms with Crippen LogP contribution in [0.5, 0.6) is 0 Å². The molecule has 0 aliphatic heterocycles. The zero-order chi connectivity index (χ0) is 14.6. The van der Waals surface area contributed by atoms with Gasteiger partial charge in [0.05, 0.1) is 7.11 Å². The molecule has 0 amide bonds. The van der Waals surface area contributed by atoms with Crippen LogP contribution in [0, 0.1) is 17.5 Å². The summed E-state index contributed by atoms with van der Waals surface area (Å²) >= 11 is 0. The normalized spacial score (nSPS) is 14.0.